The Balaban J connectivity index is 1.47. The van der Waals surface area contributed by atoms with Crippen molar-refractivity contribution < 1.29 is 9.53 Å². The third kappa shape index (κ3) is 4.01. The van der Waals surface area contributed by atoms with E-state index in [9.17, 15) is 4.79 Å². The van der Waals surface area contributed by atoms with Crippen molar-refractivity contribution in [3.8, 4) is 16.3 Å². The van der Waals surface area contributed by atoms with E-state index >= 15 is 0 Å². The fourth-order valence-corrected chi connectivity index (χ4v) is 5.43. The minimum Gasteiger partial charge on any atom is -0.497 e. The number of benzene rings is 1. The Morgan fingerprint density at radius 2 is 2.07 bits per heavy atom. The zero-order valence-corrected chi connectivity index (χ0v) is 16.6. The van der Waals surface area contributed by atoms with Gasteiger partial charge in [0.1, 0.15) is 10.8 Å². The highest BCUT2D eigenvalue weighted by Crippen LogP contribution is 2.38. The number of nitrogens with two attached hydrogens (primary N) is 1. The second kappa shape index (κ2) is 7.98. The van der Waals surface area contributed by atoms with E-state index in [1.54, 1.807) is 18.4 Å². The van der Waals surface area contributed by atoms with E-state index in [0.717, 1.165) is 60.5 Å². The van der Waals surface area contributed by atoms with Crippen molar-refractivity contribution in [2.24, 2.45) is 11.7 Å². The minimum absolute atomic E-state index is 0.0865. The van der Waals surface area contributed by atoms with Crippen LogP contribution in [0.1, 0.15) is 55.1 Å². The van der Waals surface area contributed by atoms with E-state index in [0.29, 0.717) is 12.3 Å². The Labute approximate surface area is 164 Å². The van der Waals surface area contributed by atoms with Crippen LogP contribution in [0.4, 0.5) is 0 Å². The molecular formula is C21H27N3O2S. The van der Waals surface area contributed by atoms with Crippen LogP contribution in [-0.4, -0.2) is 24.0 Å². The molecule has 2 aliphatic rings. The van der Waals surface area contributed by atoms with E-state index in [4.69, 9.17) is 15.5 Å². The summed E-state index contributed by atoms with van der Waals surface area (Å²) in [6.45, 7) is 0. The number of rotatable bonds is 5. The lowest BCUT2D eigenvalue weighted by Crippen LogP contribution is -2.34. The number of nitrogens with one attached hydrogen (secondary N) is 1. The van der Waals surface area contributed by atoms with Gasteiger partial charge in [-0.1, -0.05) is 6.42 Å². The van der Waals surface area contributed by atoms with E-state index in [1.165, 1.54) is 4.88 Å². The lowest BCUT2D eigenvalue weighted by atomic mass is 9.96. The summed E-state index contributed by atoms with van der Waals surface area (Å²) in [4.78, 5) is 18.6. The third-order valence-corrected chi connectivity index (χ3v) is 7.05. The van der Waals surface area contributed by atoms with E-state index in [2.05, 4.69) is 5.32 Å². The number of aromatic nitrogens is 1. The number of hydrogen-bond donors (Lipinski definition) is 2. The Bertz CT molecular complexity index is 802. The molecule has 0 radical (unpaired) electrons. The summed E-state index contributed by atoms with van der Waals surface area (Å²) in [6, 6.07) is 8.27. The zero-order valence-electron chi connectivity index (χ0n) is 15.7. The molecule has 4 rings (SSSR count). The second-order valence-electron chi connectivity index (χ2n) is 7.63. The van der Waals surface area contributed by atoms with Gasteiger partial charge in [0.05, 0.1) is 23.7 Å². The van der Waals surface area contributed by atoms with Crippen molar-refractivity contribution >= 4 is 17.2 Å². The van der Waals surface area contributed by atoms with E-state index in [-0.39, 0.29) is 18.0 Å². The van der Waals surface area contributed by atoms with Gasteiger partial charge < -0.3 is 15.8 Å². The molecule has 1 fully saturated rings. The number of fused-ring (bicyclic) bond motifs is 1. The number of amides is 1. The molecule has 3 atom stereocenters. The molecule has 1 unspecified atom stereocenters. The maximum absolute atomic E-state index is 12.6. The molecule has 6 heteroatoms. The van der Waals surface area contributed by atoms with E-state index < -0.39 is 0 Å². The van der Waals surface area contributed by atoms with Crippen LogP contribution < -0.4 is 15.8 Å². The van der Waals surface area contributed by atoms with Crippen LogP contribution in [0.5, 0.6) is 5.75 Å². The largest absolute Gasteiger partial charge is 0.497 e. The first-order valence-electron chi connectivity index (χ1n) is 9.83. The highest BCUT2D eigenvalue weighted by molar-refractivity contribution is 7.15. The maximum atomic E-state index is 12.6. The minimum atomic E-state index is 0.0865. The molecule has 0 saturated heterocycles. The number of ether oxygens (including phenoxy) is 1. The molecule has 27 heavy (non-hydrogen) atoms. The van der Waals surface area contributed by atoms with Crippen molar-refractivity contribution in [2.45, 2.75) is 57.0 Å². The fourth-order valence-electron chi connectivity index (χ4n) is 4.22. The molecule has 1 saturated carbocycles. The molecule has 2 aliphatic carbocycles. The monoisotopic (exact) mass is 385 g/mol. The first-order valence-corrected chi connectivity index (χ1v) is 10.6. The third-order valence-electron chi connectivity index (χ3n) is 5.79. The highest BCUT2D eigenvalue weighted by atomic mass is 32.1. The highest BCUT2D eigenvalue weighted by Gasteiger charge is 2.29. The number of nitrogens with zero attached hydrogens (tertiary/aromatic N) is 1. The summed E-state index contributed by atoms with van der Waals surface area (Å²) in [5.74, 6) is 1.31. The first kappa shape index (κ1) is 18.4. The lowest BCUT2D eigenvalue weighted by molar-refractivity contribution is -0.122. The SMILES string of the molecule is COc1ccc(-c2nc3c(s2)C(NC(=O)C[C@@H]2CCC[C@H]2N)CCC3)cc1. The molecule has 1 amide bonds. The van der Waals surface area contributed by atoms with Gasteiger partial charge in [-0.05, 0) is 62.3 Å². The van der Waals surface area contributed by atoms with Crippen LogP contribution in [-0.2, 0) is 11.2 Å². The van der Waals surface area contributed by atoms with Gasteiger partial charge in [-0.25, -0.2) is 4.98 Å². The van der Waals surface area contributed by atoms with Gasteiger partial charge in [0.15, 0.2) is 0 Å². The summed E-state index contributed by atoms with van der Waals surface area (Å²) in [5.41, 5.74) is 8.36. The van der Waals surface area contributed by atoms with Gasteiger partial charge in [-0.3, -0.25) is 4.79 Å². The lowest BCUT2D eigenvalue weighted by Gasteiger charge is -2.23. The molecule has 3 N–H and O–H groups in total. The predicted molar refractivity (Wildman–Crippen MR) is 108 cm³/mol. The molecule has 0 aliphatic heterocycles. The number of carbonyl (C=O) groups is 1. The van der Waals surface area contributed by atoms with Crippen LogP contribution in [0.15, 0.2) is 24.3 Å². The summed E-state index contributed by atoms with van der Waals surface area (Å²) < 4.78 is 5.24. The molecule has 1 aromatic carbocycles. The van der Waals surface area contributed by atoms with Crippen LogP contribution >= 0.6 is 11.3 Å². The Kier molecular flexibility index (Phi) is 5.45. The molecular weight excluding hydrogens is 358 g/mol. The number of carbonyl (C=O) groups excluding carboxylic acids is 1. The van der Waals surface area contributed by atoms with Gasteiger partial charge in [0.2, 0.25) is 5.91 Å². The smallest absolute Gasteiger partial charge is 0.220 e. The number of aryl methyl sites for hydroxylation is 1. The van der Waals surface area contributed by atoms with Gasteiger partial charge in [0.25, 0.3) is 0 Å². The van der Waals surface area contributed by atoms with Crippen LogP contribution in [0, 0.1) is 5.92 Å². The second-order valence-corrected chi connectivity index (χ2v) is 8.66. The summed E-state index contributed by atoms with van der Waals surface area (Å²) in [5, 5.41) is 4.28. The van der Waals surface area contributed by atoms with Crippen molar-refractivity contribution in [2.75, 3.05) is 7.11 Å². The molecule has 0 bridgehead atoms. The molecule has 2 aromatic rings. The topological polar surface area (TPSA) is 77.2 Å². The van der Waals surface area contributed by atoms with Gasteiger partial charge in [-0.15, -0.1) is 11.3 Å². The summed E-state index contributed by atoms with van der Waals surface area (Å²) in [7, 11) is 1.67. The van der Waals surface area contributed by atoms with Gasteiger partial charge in [-0.2, -0.15) is 0 Å². The fraction of sp³-hybridized carbons (Fsp3) is 0.524. The van der Waals surface area contributed by atoms with Crippen LogP contribution in [0.25, 0.3) is 10.6 Å². The molecule has 0 spiro atoms. The van der Waals surface area contributed by atoms with Crippen molar-refractivity contribution in [1.82, 2.24) is 10.3 Å². The Morgan fingerprint density at radius 3 is 2.78 bits per heavy atom. The molecule has 144 valence electrons. The first-order chi connectivity index (χ1) is 13.1. The molecule has 1 aromatic heterocycles. The molecule has 1 heterocycles. The van der Waals surface area contributed by atoms with Gasteiger partial charge >= 0.3 is 0 Å². The Hall–Kier alpha value is -1.92. The maximum Gasteiger partial charge on any atom is 0.220 e. The Morgan fingerprint density at radius 1 is 1.26 bits per heavy atom. The quantitative estimate of drug-likeness (QED) is 0.820. The zero-order chi connectivity index (χ0) is 18.8. The summed E-state index contributed by atoms with van der Waals surface area (Å²) in [6.07, 6.45) is 6.86. The average Bonchev–Trinajstić information content (AvgIpc) is 3.29. The number of thiazole rings is 1. The summed E-state index contributed by atoms with van der Waals surface area (Å²) >= 11 is 1.70. The van der Waals surface area contributed by atoms with Crippen LogP contribution in [0.2, 0.25) is 0 Å². The van der Waals surface area contributed by atoms with Crippen LogP contribution in [0.3, 0.4) is 0 Å². The van der Waals surface area contributed by atoms with Crippen molar-refractivity contribution in [1.29, 1.82) is 0 Å². The normalized spacial score (nSPS) is 24.4. The molecule has 5 nitrogen and oxygen atoms in total. The van der Waals surface area contributed by atoms with Crippen molar-refractivity contribution in [3.63, 3.8) is 0 Å². The predicted octanol–water partition coefficient (Wildman–Crippen LogP) is 3.83. The average molecular weight is 386 g/mol. The van der Waals surface area contributed by atoms with Gasteiger partial charge in [0, 0.05) is 18.0 Å². The number of hydrogen-bond acceptors (Lipinski definition) is 5. The van der Waals surface area contributed by atoms with Crippen molar-refractivity contribution in [3.05, 3.63) is 34.8 Å². The standard InChI is InChI=1S/C21H27N3O2S/c1-26-15-10-8-13(9-11-15)21-24-18-7-3-6-17(20(18)27-21)23-19(25)12-14-4-2-5-16(14)22/h8-11,14,16-17H,2-7,12,22H2,1H3,(H,23,25)/t14-,16+,17?/m0/s1. The van der Waals surface area contributed by atoms with E-state index in [1.807, 2.05) is 24.3 Å². The number of methoxy groups -OCH3 is 1.